The van der Waals surface area contributed by atoms with E-state index in [2.05, 4.69) is 29.9 Å². The Labute approximate surface area is 63.8 Å². The van der Waals surface area contributed by atoms with E-state index in [1.165, 1.54) is 0 Å². The standard InChI is InChI=1S/C7H8S2/c1-7-3-5-8-6(7)2-4-9-7/h2-6H,1H3. The Bertz CT molecular complexity index is 183. The molecule has 0 aromatic rings. The van der Waals surface area contributed by atoms with Gasteiger partial charge in [-0.2, -0.15) is 0 Å². The molecule has 0 spiro atoms. The van der Waals surface area contributed by atoms with E-state index in [1.807, 2.05) is 23.5 Å². The molecule has 0 aliphatic carbocycles. The molecule has 0 saturated heterocycles. The highest BCUT2D eigenvalue weighted by molar-refractivity contribution is 8.08. The van der Waals surface area contributed by atoms with Gasteiger partial charge in [0.1, 0.15) is 0 Å². The van der Waals surface area contributed by atoms with Gasteiger partial charge in [-0.1, -0.05) is 12.2 Å². The van der Waals surface area contributed by atoms with Crippen LogP contribution in [0.15, 0.2) is 23.0 Å². The summed E-state index contributed by atoms with van der Waals surface area (Å²) in [7, 11) is 0. The van der Waals surface area contributed by atoms with Crippen LogP contribution in [0.5, 0.6) is 0 Å². The summed E-state index contributed by atoms with van der Waals surface area (Å²) in [5, 5.41) is 5.13. The quantitative estimate of drug-likeness (QED) is 0.529. The lowest BCUT2D eigenvalue weighted by Gasteiger charge is -2.19. The van der Waals surface area contributed by atoms with Crippen LogP contribution in [0.4, 0.5) is 0 Å². The highest BCUT2D eigenvalue weighted by atomic mass is 32.2. The predicted octanol–water partition coefficient (Wildman–Crippen LogP) is 2.63. The Balaban J connectivity index is 2.31. The van der Waals surface area contributed by atoms with Gasteiger partial charge in [0, 0.05) is 5.25 Å². The average Bonchev–Trinajstić information content (AvgIpc) is 2.22. The van der Waals surface area contributed by atoms with Crippen molar-refractivity contribution < 1.29 is 0 Å². The second-order valence-electron chi connectivity index (χ2n) is 2.49. The highest BCUT2D eigenvalue weighted by Gasteiger charge is 2.37. The molecule has 0 saturated carbocycles. The molecule has 2 heteroatoms. The molecule has 0 radical (unpaired) electrons. The monoisotopic (exact) mass is 156 g/mol. The van der Waals surface area contributed by atoms with E-state index < -0.39 is 0 Å². The lowest BCUT2D eigenvalue weighted by Crippen LogP contribution is -2.21. The predicted molar refractivity (Wildman–Crippen MR) is 45.7 cm³/mol. The first kappa shape index (κ1) is 5.93. The molecule has 2 unspecified atom stereocenters. The summed E-state index contributed by atoms with van der Waals surface area (Å²) in [6, 6.07) is 0. The Morgan fingerprint density at radius 1 is 1.44 bits per heavy atom. The van der Waals surface area contributed by atoms with Gasteiger partial charge in [-0.15, -0.1) is 23.5 Å². The smallest absolute Gasteiger partial charge is 0.0516 e. The summed E-state index contributed by atoms with van der Waals surface area (Å²) < 4.78 is 0.394. The summed E-state index contributed by atoms with van der Waals surface area (Å²) >= 11 is 3.85. The van der Waals surface area contributed by atoms with Crippen molar-refractivity contribution in [2.75, 3.05) is 0 Å². The van der Waals surface area contributed by atoms with Crippen molar-refractivity contribution in [1.82, 2.24) is 0 Å². The molecule has 0 N–H and O–H groups in total. The van der Waals surface area contributed by atoms with Gasteiger partial charge in [0.05, 0.1) is 4.75 Å². The number of fused-ring (bicyclic) bond motifs is 1. The van der Waals surface area contributed by atoms with E-state index in [0.29, 0.717) is 10.00 Å². The third kappa shape index (κ3) is 0.767. The molecule has 2 aliphatic heterocycles. The Morgan fingerprint density at radius 2 is 2.33 bits per heavy atom. The van der Waals surface area contributed by atoms with Gasteiger partial charge in [0.25, 0.3) is 0 Å². The van der Waals surface area contributed by atoms with Crippen molar-refractivity contribution in [1.29, 1.82) is 0 Å². The van der Waals surface area contributed by atoms with Crippen LogP contribution in [0.2, 0.25) is 0 Å². The maximum absolute atomic E-state index is 2.30. The normalized spacial score (nSPS) is 46.1. The van der Waals surface area contributed by atoms with Crippen molar-refractivity contribution in [3.05, 3.63) is 23.0 Å². The second kappa shape index (κ2) is 1.83. The Morgan fingerprint density at radius 3 is 3.11 bits per heavy atom. The summed E-state index contributed by atoms with van der Waals surface area (Å²) in [5.74, 6) is 0. The fourth-order valence-electron chi connectivity index (χ4n) is 1.09. The minimum Gasteiger partial charge on any atom is -0.125 e. The van der Waals surface area contributed by atoms with Gasteiger partial charge in [-0.3, -0.25) is 0 Å². The van der Waals surface area contributed by atoms with Crippen molar-refractivity contribution in [3.8, 4) is 0 Å². The van der Waals surface area contributed by atoms with Gasteiger partial charge in [-0.05, 0) is 17.7 Å². The maximum atomic E-state index is 2.30. The zero-order valence-corrected chi connectivity index (χ0v) is 6.84. The molecule has 48 valence electrons. The molecule has 0 aromatic carbocycles. The molecule has 2 heterocycles. The number of thioether (sulfide) groups is 2. The number of hydrogen-bond acceptors (Lipinski definition) is 2. The third-order valence-corrected chi connectivity index (χ3v) is 4.34. The van der Waals surface area contributed by atoms with Gasteiger partial charge in [-0.25, -0.2) is 0 Å². The van der Waals surface area contributed by atoms with E-state index in [4.69, 9.17) is 0 Å². The Kier molecular flexibility index (Phi) is 1.21. The minimum absolute atomic E-state index is 0.394. The minimum atomic E-state index is 0.394. The molecule has 0 amide bonds. The summed E-state index contributed by atoms with van der Waals surface area (Å²) in [6.45, 7) is 2.29. The third-order valence-electron chi connectivity index (χ3n) is 1.76. The summed E-state index contributed by atoms with van der Waals surface area (Å²) in [4.78, 5) is 0. The zero-order chi connectivity index (χ0) is 6.32. The van der Waals surface area contributed by atoms with Crippen LogP contribution in [0.25, 0.3) is 0 Å². The summed E-state index contributed by atoms with van der Waals surface area (Å²) in [6.07, 6.45) is 4.59. The fraction of sp³-hybridized carbons (Fsp3) is 0.429. The van der Waals surface area contributed by atoms with Crippen LogP contribution in [-0.4, -0.2) is 10.00 Å². The SMILES string of the molecule is CC12C=CSC1C=CS2. The maximum Gasteiger partial charge on any atom is 0.0516 e. The molecule has 0 nitrogen and oxygen atoms in total. The van der Waals surface area contributed by atoms with Gasteiger partial charge in [0.2, 0.25) is 0 Å². The fourth-order valence-corrected chi connectivity index (χ4v) is 3.54. The van der Waals surface area contributed by atoms with Gasteiger partial charge >= 0.3 is 0 Å². The zero-order valence-electron chi connectivity index (χ0n) is 5.20. The first-order valence-electron chi connectivity index (χ1n) is 2.99. The first-order chi connectivity index (χ1) is 4.31. The van der Waals surface area contributed by atoms with E-state index >= 15 is 0 Å². The van der Waals surface area contributed by atoms with Crippen LogP contribution in [0.3, 0.4) is 0 Å². The van der Waals surface area contributed by atoms with E-state index in [9.17, 15) is 0 Å². The van der Waals surface area contributed by atoms with Gasteiger partial charge < -0.3 is 0 Å². The van der Waals surface area contributed by atoms with Crippen molar-refractivity contribution in [3.63, 3.8) is 0 Å². The van der Waals surface area contributed by atoms with Crippen LogP contribution >= 0.6 is 23.5 Å². The van der Waals surface area contributed by atoms with Crippen molar-refractivity contribution >= 4 is 23.5 Å². The summed E-state index contributed by atoms with van der Waals surface area (Å²) in [5.41, 5.74) is 0. The molecular weight excluding hydrogens is 148 g/mol. The van der Waals surface area contributed by atoms with Crippen LogP contribution in [0.1, 0.15) is 6.92 Å². The molecule has 0 fully saturated rings. The molecule has 9 heavy (non-hydrogen) atoms. The molecule has 2 aliphatic rings. The van der Waals surface area contributed by atoms with Crippen molar-refractivity contribution in [2.24, 2.45) is 0 Å². The lowest BCUT2D eigenvalue weighted by atomic mass is 10.1. The Hall–Kier alpha value is 0.180. The van der Waals surface area contributed by atoms with E-state index in [-0.39, 0.29) is 0 Å². The van der Waals surface area contributed by atoms with Crippen molar-refractivity contribution in [2.45, 2.75) is 16.9 Å². The van der Waals surface area contributed by atoms with E-state index in [0.717, 1.165) is 0 Å². The number of rotatable bonds is 0. The van der Waals surface area contributed by atoms with Gasteiger partial charge in [0.15, 0.2) is 0 Å². The first-order valence-corrected chi connectivity index (χ1v) is 4.81. The average molecular weight is 156 g/mol. The topological polar surface area (TPSA) is 0 Å². The van der Waals surface area contributed by atoms with Crippen LogP contribution < -0.4 is 0 Å². The van der Waals surface area contributed by atoms with Crippen LogP contribution in [0, 0.1) is 0 Å². The highest BCUT2D eigenvalue weighted by Crippen LogP contribution is 2.48. The van der Waals surface area contributed by atoms with E-state index in [1.54, 1.807) is 0 Å². The lowest BCUT2D eigenvalue weighted by molar-refractivity contribution is 0.853. The molecule has 2 rings (SSSR count). The molecule has 2 atom stereocenters. The largest absolute Gasteiger partial charge is 0.125 e. The second-order valence-corrected chi connectivity index (χ2v) is 4.93. The number of hydrogen-bond donors (Lipinski definition) is 0. The molecule has 0 bridgehead atoms. The molecule has 0 aromatic heterocycles. The van der Waals surface area contributed by atoms with Crippen LogP contribution in [-0.2, 0) is 0 Å². The molecular formula is C7H8S2.